The number of nitrogens with two attached hydrogens (primary N) is 1. The van der Waals surface area contributed by atoms with Gasteiger partial charge in [0.1, 0.15) is 6.10 Å². The lowest BCUT2D eigenvalue weighted by atomic mass is 9.98. The van der Waals surface area contributed by atoms with Crippen LogP contribution in [0, 0.1) is 0 Å². The Morgan fingerprint density at radius 3 is 2.35 bits per heavy atom. The van der Waals surface area contributed by atoms with Crippen molar-refractivity contribution in [2.75, 3.05) is 0 Å². The maximum Gasteiger partial charge on any atom is 0.377 e. The molecule has 94 valence electrons. The van der Waals surface area contributed by atoms with E-state index < -0.39 is 30.5 Å². The van der Waals surface area contributed by atoms with Crippen molar-refractivity contribution in [1.29, 1.82) is 0 Å². The molecule has 0 radical (unpaired) electrons. The van der Waals surface area contributed by atoms with E-state index in [4.69, 9.17) is 15.9 Å². The Labute approximate surface area is 96.7 Å². The predicted octanol–water partition coefficient (Wildman–Crippen LogP) is 1.16. The summed E-state index contributed by atoms with van der Waals surface area (Å²) in [6.45, 7) is 0. The number of hydrogen-bond donors (Lipinski definition) is 3. The molecule has 0 saturated heterocycles. The first-order valence-corrected chi connectivity index (χ1v) is 4.95. The minimum Gasteiger partial charge on any atom is -0.477 e. The summed E-state index contributed by atoms with van der Waals surface area (Å²) in [7, 11) is 0. The third-order valence-electron chi connectivity index (χ3n) is 2.41. The fourth-order valence-electron chi connectivity index (χ4n) is 1.37. The van der Waals surface area contributed by atoms with Crippen LogP contribution in [-0.2, 0) is 4.79 Å². The Hall–Kier alpha value is -1.53. The number of rotatable bonds is 5. The number of aliphatic hydroxyl groups excluding tert-OH is 1. The number of halogens is 2. The topological polar surface area (TPSA) is 83.5 Å². The fourth-order valence-corrected chi connectivity index (χ4v) is 1.37. The Bertz CT molecular complexity index is 384. The van der Waals surface area contributed by atoms with Gasteiger partial charge in [-0.3, -0.25) is 0 Å². The fraction of sp³-hybridized carbons (Fsp3) is 0.364. The summed E-state index contributed by atoms with van der Waals surface area (Å²) >= 11 is 0. The molecule has 4 N–H and O–H groups in total. The number of carbonyl (C=O) groups is 1. The number of carboxylic acid groups (broad SMARTS) is 1. The molecule has 0 saturated carbocycles. The van der Waals surface area contributed by atoms with Crippen LogP contribution in [0.25, 0.3) is 0 Å². The maximum atomic E-state index is 12.9. The molecule has 0 aliphatic carbocycles. The van der Waals surface area contributed by atoms with Crippen molar-refractivity contribution in [2.45, 2.75) is 24.5 Å². The van der Waals surface area contributed by atoms with Crippen LogP contribution < -0.4 is 5.73 Å². The van der Waals surface area contributed by atoms with Crippen LogP contribution in [0.4, 0.5) is 8.78 Å². The Morgan fingerprint density at radius 2 is 1.88 bits per heavy atom. The first-order valence-electron chi connectivity index (χ1n) is 4.95. The van der Waals surface area contributed by atoms with Crippen LogP contribution in [0.2, 0.25) is 0 Å². The summed E-state index contributed by atoms with van der Waals surface area (Å²) in [5.74, 6) is -6.54. The van der Waals surface area contributed by atoms with E-state index in [1.54, 1.807) is 30.3 Å². The van der Waals surface area contributed by atoms with Gasteiger partial charge in [-0.05, 0) is 12.0 Å². The Kier molecular flexibility index (Phi) is 4.14. The molecule has 1 aromatic carbocycles. The van der Waals surface area contributed by atoms with Gasteiger partial charge in [-0.2, -0.15) is 8.78 Å². The molecule has 0 spiro atoms. The molecule has 0 aliphatic rings. The second-order valence-corrected chi connectivity index (χ2v) is 3.70. The molecule has 17 heavy (non-hydrogen) atoms. The van der Waals surface area contributed by atoms with Crippen molar-refractivity contribution in [3.63, 3.8) is 0 Å². The molecule has 1 aromatic rings. The molecule has 4 nitrogen and oxygen atoms in total. The van der Waals surface area contributed by atoms with Gasteiger partial charge >= 0.3 is 11.9 Å². The summed E-state index contributed by atoms with van der Waals surface area (Å²) in [4.78, 5) is 10.2. The van der Waals surface area contributed by atoms with E-state index >= 15 is 0 Å². The molecule has 2 atom stereocenters. The van der Waals surface area contributed by atoms with Crippen LogP contribution in [-0.4, -0.2) is 28.2 Å². The molecule has 0 aliphatic heterocycles. The molecule has 0 amide bonds. The highest BCUT2D eigenvalue weighted by molar-refractivity contribution is 5.76. The second-order valence-electron chi connectivity index (χ2n) is 3.70. The summed E-state index contributed by atoms with van der Waals surface area (Å²) in [5.41, 5.74) is 6.17. The van der Waals surface area contributed by atoms with Crippen molar-refractivity contribution in [3.8, 4) is 0 Å². The molecule has 6 heteroatoms. The zero-order valence-electron chi connectivity index (χ0n) is 8.88. The number of alkyl halides is 2. The first kappa shape index (κ1) is 13.5. The number of carboxylic acids is 1. The molecular weight excluding hydrogens is 232 g/mol. The van der Waals surface area contributed by atoms with Crippen LogP contribution in [0.1, 0.15) is 18.0 Å². The van der Waals surface area contributed by atoms with Crippen molar-refractivity contribution in [2.24, 2.45) is 5.73 Å². The lowest BCUT2D eigenvalue weighted by Crippen LogP contribution is -2.42. The van der Waals surface area contributed by atoms with Crippen LogP contribution in [0.15, 0.2) is 30.3 Å². The monoisotopic (exact) mass is 245 g/mol. The van der Waals surface area contributed by atoms with Gasteiger partial charge in [-0.15, -0.1) is 0 Å². The van der Waals surface area contributed by atoms with E-state index in [-0.39, 0.29) is 0 Å². The average molecular weight is 245 g/mol. The smallest absolute Gasteiger partial charge is 0.377 e. The SMILES string of the molecule is NC(CC(O)C(F)(F)C(=O)O)c1ccccc1. The maximum absolute atomic E-state index is 12.9. The molecule has 2 unspecified atom stereocenters. The highest BCUT2D eigenvalue weighted by atomic mass is 19.3. The van der Waals surface area contributed by atoms with Crippen molar-refractivity contribution in [3.05, 3.63) is 35.9 Å². The predicted molar refractivity (Wildman–Crippen MR) is 56.6 cm³/mol. The summed E-state index contributed by atoms with van der Waals surface area (Å²) in [6.07, 6.45) is -2.83. The molecule has 1 rings (SSSR count). The number of benzene rings is 1. The standard InChI is InChI=1S/C11H13F2NO3/c12-11(13,10(16)17)9(15)6-8(14)7-4-2-1-3-5-7/h1-5,8-9,15H,6,14H2,(H,16,17). The highest BCUT2D eigenvalue weighted by Crippen LogP contribution is 2.26. The van der Waals surface area contributed by atoms with E-state index in [0.717, 1.165) is 0 Å². The van der Waals surface area contributed by atoms with Crippen molar-refractivity contribution in [1.82, 2.24) is 0 Å². The van der Waals surface area contributed by atoms with Gasteiger partial charge in [-0.1, -0.05) is 30.3 Å². The molecular formula is C11H13F2NO3. The normalized spacial score (nSPS) is 15.3. The largest absolute Gasteiger partial charge is 0.477 e. The summed E-state index contributed by atoms with van der Waals surface area (Å²) < 4.78 is 25.8. The minimum absolute atomic E-state index is 0.524. The number of aliphatic carboxylic acids is 1. The quantitative estimate of drug-likeness (QED) is 0.726. The van der Waals surface area contributed by atoms with Gasteiger partial charge in [0.05, 0.1) is 0 Å². The van der Waals surface area contributed by atoms with Crippen molar-refractivity contribution >= 4 is 5.97 Å². The lowest BCUT2D eigenvalue weighted by Gasteiger charge is -2.21. The van der Waals surface area contributed by atoms with E-state index in [0.29, 0.717) is 5.56 Å². The van der Waals surface area contributed by atoms with Crippen LogP contribution in [0.5, 0.6) is 0 Å². The molecule has 0 aromatic heterocycles. The number of hydrogen-bond acceptors (Lipinski definition) is 3. The zero-order chi connectivity index (χ0) is 13.1. The van der Waals surface area contributed by atoms with E-state index in [1.165, 1.54) is 0 Å². The second kappa shape index (κ2) is 5.20. The third-order valence-corrected chi connectivity index (χ3v) is 2.41. The summed E-state index contributed by atoms with van der Waals surface area (Å²) in [5, 5.41) is 17.4. The zero-order valence-corrected chi connectivity index (χ0v) is 8.88. The number of aliphatic hydroxyl groups is 1. The van der Waals surface area contributed by atoms with E-state index in [2.05, 4.69) is 0 Å². The van der Waals surface area contributed by atoms with Gasteiger partial charge in [0.15, 0.2) is 0 Å². The van der Waals surface area contributed by atoms with Crippen molar-refractivity contribution < 1.29 is 23.8 Å². The van der Waals surface area contributed by atoms with Gasteiger partial charge in [0.2, 0.25) is 0 Å². The van der Waals surface area contributed by atoms with Gasteiger partial charge in [0.25, 0.3) is 0 Å². The molecule has 0 bridgehead atoms. The van der Waals surface area contributed by atoms with Gasteiger partial charge in [-0.25, -0.2) is 4.79 Å². The third kappa shape index (κ3) is 3.21. The van der Waals surface area contributed by atoms with E-state index in [1.807, 2.05) is 0 Å². The minimum atomic E-state index is -4.19. The molecule has 0 fully saturated rings. The van der Waals surface area contributed by atoms with Gasteiger partial charge in [0, 0.05) is 6.04 Å². The lowest BCUT2D eigenvalue weighted by molar-refractivity contribution is -0.182. The Balaban J connectivity index is 2.70. The van der Waals surface area contributed by atoms with Crippen LogP contribution in [0.3, 0.4) is 0 Å². The molecule has 0 heterocycles. The Morgan fingerprint density at radius 1 is 1.35 bits per heavy atom. The average Bonchev–Trinajstić information content (AvgIpc) is 2.29. The van der Waals surface area contributed by atoms with E-state index in [9.17, 15) is 13.6 Å². The first-order chi connectivity index (χ1) is 7.85. The summed E-state index contributed by atoms with van der Waals surface area (Å²) in [6, 6.07) is 7.50. The van der Waals surface area contributed by atoms with Gasteiger partial charge < -0.3 is 15.9 Å². The highest BCUT2D eigenvalue weighted by Gasteiger charge is 2.47. The van der Waals surface area contributed by atoms with Crippen LogP contribution >= 0.6 is 0 Å².